The molecule has 7 nitrogen and oxygen atoms in total. The highest BCUT2D eigenvalue weighted by Gasteiger charge is 2.27. The number of aromatic nitrogens is 3. The molecule has 7 heteroatoms. The van der Waals surface area contributed by atoms with Gasteiger partial charge in [0.1, 0.15) is 11.3 Å². The molecule has 0 aromatic carbocycles. The Morgan fingerprint density at radius 1 is 1.26 bits per heavy atom. The second kappa shape index (κ2) is 4.75. The van der Waals surface area contributed by atoms with Gasteiger partial charge in [-0.05, 0) is 20.9 Å². The van der Waals surface area contributed by atoms with Crippen molar-refractivity contribution in [2.45, 2.75) is 19.9 Å². The number of aryl methyl sites for hydroxylation is 2. The molecule has 3 heterocycles. The monoisotopic (exact) mass is 263 g/mol. The molecule has 0 spiro atoms. The van der Waals surface area contributed by atoms with Gasteiger partial charge in [-0.2, -0.15) is 4.98 Å². The average molecular weight is 263 g/mol. The van der Waals surface area contributed by atoms with Crippen molar-refractivity contribution in [3.05, 3.63) is 17.3 Å². The summed E-state index contributed by atoms with van der Waals surface area (Å²) in [6.45, 7) is 6.50. The molecule has 1 N–H and O–H groups in total. The molecule has 0 saturated carbocycles. The van der Waals surface area contributed by atoms with Crippen LogP contribution in [-0.4, -0.2) is 46.9 Å². The molecule has 1 fully saturated rings. The van der Waals surface area contributed by atoms with E-state index in [-0.39, 0.29) is 6.04 Å². The Morgan fingerprint density at radius 3 is 2.79 bits per heavy atom. The van der Waals surface area contributed by atoms with Gasteiger partial charge >= 0.3 is 0 Å². The third-order valence-corrected chi connectivity index (χ3v) is 3.50. The van der Waals surface area contributed by atoms with E-state index in [4.69, 9.17) is 9.05 Å². The van der Waals surface area contributed by atoms with Gasteiger partial charge < -0.3 is 14.4 Å². The van der Waals surface area contributed by atoms with Crippen LogP contribution in [0.5, 0.6) is 0 Å². The topological polar surface area (TPSA) is 80.2 Å². The fourth-order valence-corrected chi connectivity index (χ4v) is 2.35. The summed E-state index contributed by atoms with van der Waals surface area (Å²) in [5.74, 6) is 1.87. The van der Waals surface area contributed by atoms with Gasteiger partial charge in [-0.3, -0.25) is 4.90 Å². The summed E-state index contributed by atoms with van der Waals surface area (Å²) in [7, 11) is 2.07. The highest BCUT2D eigenvalue weighted by Crippen LogP contribution is 2.27. The Kier molecular flexibility index (Phi) is 3.08. The van der Waals surface area contributed by atoms with Crippen LogP contribution in [-0.2, 0) is 0 Å². The first-order valence-corrected chi connectivity index (χ1v) is 6.34. The first-order chi connectivity index (χ1) is 9.16. The third-order valence-electron chi connectivity index (χ3n) is 3.50. The molecule has 0 bridgehead atoms. The van der Waals surface area contributed by atoms with Gasteiger partial charge in [0.25, 0.3) is 5.89 Å². The summed E-state index contributed by atoms with van der Waals surface area (Å²) in [5.41, 5.74) is 1.56. The third kappa shape index (κ3) is 2.15. The van der Waals surface area contributed by atoms with Crippen LogP contribution in [0.1, 0.15) is 23.3 Å². The van der Waals surface area contributed by atoms with E-state index in [1.165, 1.54) is 0 Å². The number of rotatable bonds is 2. The summed E-state index contributed by atoms with van der Waals surface area (Å²) in [6.07, 6.45) is 0. The smallest absolute Gasteiger partial charge is 0.263 e. The molecule has 3 rings (SSSR count). The van der Waals surface area contributed by atoms with Gasteiger partial charge in [-0.25, -0.2) is 0 Å². The molecule has 102 valence electrons. The van der Waals surface area contributed by atoms with Crippen LogP contribution in [0.3, 0.4) is 0 Å². The minimum absolute atomic E-state index is 0.145. The number of nitrogens with zero attached hydrogens (tertiary/aromatic N) is 4. The zero-order valence-electron chi connectivity index (χ0n) is 11.3. The van der Waals surface area contributed by atoms with Crippen LogP contribution in [0.2, 0.25) is 0 Å². The van der Waals surface area contributed by atoms with Crippen LogP contribution in [0.4, 0.5) is 0 Å². The van der Waals surface area contributed by atoms with Gasteiger partial charge in [-0.15, -0.1) is 0 Å². The number of piperazine rings is 1. The molecule has 1 aliphatic heterocycles. The number of hydrogen-bond donors (Lipinski definition) is 1. The summed E-state index contributed by atoms with van der Waals surface area (Å²) in [5, 5.41) is 11.3. The lowest BCUT2D eigenvalue weighted by atomic mass is 10.2. The second-order valence-electron chi connectivity index (χ2n) is 4.86. The lowest BCUT2D eigenvalue weighted by Crippen LogP contribution is -2.44. The second-order valence-corrected chi connectivity index (χ2v) is 4.86. The molecule has 1 atom stereocenters. The summed E-state index contributed by atoms with van der Waals surface area (Å²) < 4.78 is 10.5. The Labute approximate surface area is 110 Å². The average Bonchev–Trinajstić information content (AvgIpc) is 2.97. The number of nitrogens with one attached hydrogen (secondary N) is 1. The van der Waals surface area contributed by atoms with Crippen molar-refractivity contribution < 1.29 is 9.05 Å². The highest BCUT2D eigenvalue weighted by molar-refractivity contribution is 5.57. The Bertz CT molecular complexity index is 557. The van der Waals surface area contributed by atoms with Gasteiger partial charge in [0.05, 0.1) is 11.7 Å². The predicted molar refractivity (Wildman–Crippen MR) is 67.5 cm³/mol. The molecule has 1 aliphatic rings. The largest absolute Gasteiger partial charge is 0.361 e. The van der Waals surface area contributed by atoms with Crippen molar-refractivity contribution >= 4 is 0 Å². The quantitative estimate of drug-likeness (QED) is 0.862. The maximum atomic E-state index is 5.36. The van der Waals surface area contributed by atoms with Gasteiger partial charge in [0.2, 0.25) is 0 Å². The van der Waals surface area contributed by atoms with Gasteiger partial charge in [-0.1, -0.05) is 10.3 Å². The Morgan fingerprint density at radius 2 is 2.11 bits per heavy atom. The first-order valence-electron chi connectivity index (χ1n) is 6.34. The molecule has 1 unspecified atom stereocenters. The summed E-state index contributed by atoms with van der Waals surface area (Å²) in [6, 6.07) is 0.145. The summed E-state index contributed by atoms with van der Waals surface area (Å²) >= 11 is 0. The fourth-order valence-electron chi connectivity index (χ4n) is 2.35. The van der Waals surface area contributed by atoms with Gasteiger partial charge in [0.15, 0.2) is 5.82 Å². The van der Waals surface area contributed by atoms with Crippen molar-refractivity contribution in [2.75, 3.05) is 26.7 Å². The van der Waals surface area contributed by atoms with E-state index in [0.717, 1.165) is 30.9 Å². The van der Waals surface area contributed by atoms with Crippen LogP contribution in [0, 0.1) is 13.8 Å². The van der Waals surface area contributed by atoms with Crippen LogP contribution in [0.25, 0.3) is 11.5 Å². The SMILES string of the molecule is Cc1noc(C)c1-c1nc(C2CNCCN2C)no1. The predicted octanol–water partition coefficient (Wildman–Crippen LogP) is 0.918. The normalized spacial score (nSPS) is 20.9. The minimum Gasteiger partial charge on any atom is -0.361 e. The van der Waals surface area contributed by atoms with E-state index in [0.29, 0.717) is 17.5 Å². The van der Waals surface area contributed by atoms with E-state index >= 15 is 0 Å². The molecule has 0 radical (unpaired) electrons. The van der Waals surface area contributed by atoms with E-state index in [9.17, 15) is 0 Å². The van der Waals surface area contributed by atoms with Gasteiger partial charge in [0, 0.05) is 19.6 Å². The van der Waals surface area contributed by atoms with E-state index < -0.39 is 0 Å². The van der Waals surface area contributed by atoms with Crippen molar-refractivity contribution in [2.24, 2.45) is 0 Å². The van der Waals surface area contributed by atoms with E-state index in [1.54, 1.807) is 0 Å². The van der Waals surface area contributed by atoms with Crippen molar-refractivity contribution in [1.82, 2.24) is 25.5 Å². The lowest BCUT2D eigenvalue weighted by molar-refractivity contribution is 0.190. The molecule has 0 aliphatic carbocycles. The molecule has 1 saturated heterocycles. The number of hydrogen-bond acceptors (Lipinski definition) is 7. The maximum Gasteiger partial charge on any atom is 0.263 e. The van der Waals surface area contributed by atoms with Crippen LogP contribution >= 0.6 is 0 Å². The Hall–Kier alpha value is -1.73. The van der Waals surface area contributed by atoms with Crippen LogP contribution in [0.15, 0.2) is 9.05 Å². The molecule has 0 amide bonds. The molecule has 2 aromatic rings. The molecular formula is C12H17N5O2. The lowest BCUT2D eigenvalue weighted by Gasteiger charge is -2.30. The Balaban J connectivity index is 1.91. The fraction of sp³-hybridized carbons (Fsp3) is 0.583. The van der Waals surface area contributed by atoms with Crippen molar-refractivity contribution in [3.63, 3.8) is 0 Å². The summed E-state index contributed by atoms with van der Waals surface area (Å²) in [4.78, 5) is 6.71. The highest BCUT2D eigenvalue weighted by atomic mass is 16.5. The van der Waals surface area contributed by atoms with E-state index in [2.05, 4.69) is 32.6 Å². The maximum absolute atomic E-state index is 5.36. The molecule has 2 aromatic heterocycles. The zero-order valence-corrected chi connectivity index (χ0v) is 11.3. The minimum atomic E-state index is 0.145. The standard InChI is InChI=1S/C12H17N5O2/c1-7-10(8(2)18-15-7)12-14-11(16-19-12)9-6-13-4-5-17(9)3/h9,13H,4-6H2,1-3H3. The zero-order chi connectivity index (χ0) is 13.4. The molecular weight excluding hydrogens is 246 g/mol. The van der Waals surface area contributed by atoms with Crippen molar-refractivity contribution in [3.8, 4) is 11.5 Å². The van der Waals surface area contributed by atoms with Crippen molar-refractivity contribution in [1.29, 1.82) is 0 Å². The molecule has 19 heavy (non-hydrogen) atoms. The van der Waals surface area contributed by atoms with Crippen LogP contribution < -0.4 is 5.32 Å². The van der Waals surface area contributed by atoms with E-state index in [1.807, 2.05) is 13.8 Å². The first kappa shape index (κ1) is 12.3. The number of likely N-dealkylation sites (N-methyl/N-ethyl adjacent to an activating group) is 1.